The van der Waals surface area contributed by atoms with E-state index in [0.29, 0.717) is 23.1 Å². The second kappa shape index (κ2) is 8.10. The molecule has 0 saturated heterocycles. The van der Waals surface area contributed by atoms with Crippen molar-refractivity contribution in [1.82, 2.24) is 5.32 Å². The summed E-state index contributed by atoms with van der Waals surface area (Å²) in [5, 5.41) is 3.22. The first-order valence-corrected chi connectivity index (χ1v) is 7.17. The molecule has 1 N–H and O–H groups in total. The highest BCUT2D eigenvalue weighted by Gasteiger charge is 2.17. The molecule has 2 nitrogen and oxygen atoms in total. The van der Waals surface area contributed by atoms with Gasteiger partial charge >= 0.3 is 0 Å². The van der Waals surface area contributed by atoms with E-state index in [4.69, 9.17) is 16.3 Å². The van der Waals surface area contributed by atoms with Crippen LogP contribution in [-0.2, 0) is 4.74 Å². The summed E-state index contributed by atoms with van der Waals surface area (Å²) in [7, 11) is 1.81. The van der Waals surface area contributed by atoms with Crippen LogP contribution in [-0.4, -0.2) is 20.3 Å². The second-order valence-electron chi connectivity index (χ2n) is 4.01. The summed E-state index contributed by atoms with van der Waals surface area (Å²) in [6, 6.07) is 3.41. The van der Waals surface area contributed by atoms with Crippen LogP contribution >= 0.6 is 27.5 Å². The van der Waals surface area contributed by atoms with Gasteiger partial charge in [-0.2, -0.15) is 0 Å². The molecule has 1 aromatic carbocycles. The van der Waals surface area contributed by atoms with Crippen molar-refractivity contribution < 1.29 is 9.13 Å². The molecular formula is C13H18BrClFNO. The zero-order valence-corrected chi connectivity index (χ0v) is 12.9. The number of ether oxygens (including phenoxy) is 1. The van der Waals surface area contributed by atoms with E-state index in [2.05, 4.69) is 28.2 Å². The average molecular weight is 339 g/mol. The molecule has 1 unspecified atom stereocenters. The molecule has 5 heteroatoms. The molecule has 102 valence electrons. The smallest absolute Gasteiger partial charge is 0.147 e. The average Bonchev–Trinajstić information content (AvgIpc) is 2.38. The van der Waals surface area contributed by atoms with Crippen molar-refractivity contribution in [3.63, 3.8) is 0 Å². The van der Waals surface area contributed by atoms with Crippen molar-refractivity contribution in [2.24, 2.45) is 0 Å². The Hall–Kier alpha value is -0.160. The van der Waals surface area contributed by atoms with E-state index in [9.17, 15) is 4.39 Å². The molecule has 0 heterocycles. The minimum atomic E-state index is -0.374. The van der Waals surface area contributed by atoms with Crippen molar-refractivity contribution >= 4 is 27.5 Å². The van der Waals surface area contributed by atoms with Crippen molar-refractivity contribution in [3.8, 4) is 0 Å². The van der Waals surface area contributed by atoms with Gasteiger partial charge in [0.25, 0.3) is 0 Å². The number of rotatable bonds is 7. The Labute approximate surface area is 121 Å². The Morgan fingerprint density at radius 1 is 1.44 bits per heavy atom. The molecule has 0 aliphatic rings. The number of nitrogens with one attached hydrogen (secondary N) is 1. The van der Waals surface area contributed by atoms with Crippen molar-refractivity contribution in [3.05, 3.63) is 33.0 Å². The predicted octanol–water partition coefficient (Wildman–Crippen LogP) is 4.32. The van der Waals surface area contributed by atoms with Crippen LogP contribution < -0.4 is 5.32 Å². The highest BCUT2D eigenvalue weighted by atomic mass is 79.9. The van der Waals surface area contributed by atoms with Gasteiger partial charge in [-0.15, -0.1) is 0 Å². The third kappa shape index (κ3) is 4.19. The van der Waals surface area contributed by atoms with Crippen LogP contribution in [0.5, 0.6) is 0 Å². The molecule has 0 aliphatic heterocycles. The number of hydrogen-bond donors (Lipinski definition) is 1. The molecule has 0 aliphatic carbocycles. The summed E-state index contributed by atoms with van der Waals surface area (Å²) < 4.78 is 20.0. The van der Waals surface area contributed by atoms with E-state index >= 15 is 0 Å². The maximum absolute atomic E-state index is 14.0. The Morgan fingerprint density at radius 2 is 2.17 bits per heavy atom. The molecule has 0 fully saturated rings. The first kappa shape index (κ1) is 15.9. The van der Waals surface area contributed by atoms with Crippen molar-refractivity contribution in [2.45, 2.75) is 25.8 Å². The lowest BCUT2D eigenvalue weighted by Crippen LogP contribution is -2.20. The van der Waals surface area contributed by atoms with Gasteiger partial charge in [0.1, 0.15) is 5.82 Å². The highest BCUT2D eigenvalue weighted by molar-refractivity contribution is 9.10. The Balaban J connectivity index is 2.73. The largest absolute Gasteiger partial charge is 0.381 e. The Bertz CT molecular complexity index is 389. The molecule has 0 radical (unpaired) electrons. The van der Waals surface area contributed by atoms with Gasteiger partial charge in [-0.05, 0) is 41.9 Å². The second-order valence-corrected chi connectivity index (χ2v) is 5.24. The van der Waals surface area contributed by atoms with E-state index in [1.165, 1.54) is 0 Å². The summed E-state index contributed by atoms with van der Waals surface area (Å²) in [4.78, 5) is 0. The van der Waals surface area contributed by atoms with E-state index in [0.717, 1.165) is 13.0 Å². The molecule has 0 bridgehead atoms. The summed E-state index contributed by atoms with van der Waals surface area (Å²) in [5.41, 5.74) is 0.575. The van der Waals surface area contributed by atoms with Crippen molar-refractivity contribution in [2.75, 3.05) is 20.3 Å². The molecule has 1 atom stereocenters. The van der Waals surface area contributed by atoms with Gasteiger partial charge in [0, 0.05) is 29.3 Å². The lowest BCUT2D eigenvalue weighted by Gasteiger charge is -2.18. The zero-order valence-electron chi connectivity index (χ0n) is 10.6. The monoisotopic (exact) mass is 337 g/mol. The Kier molecular flexibility index (Phi) is 7.15. The van der Waals surface area contributed by atoms with Crippen LogP contribution in [0.4, 0.5) is 4.39 Å². The maximum atomic E-state index is 14.0. The topological polar surface area (TPSA) is 21.3 Å². The summed E-state index contributed by atoms with van der Waals surface area (Å²) in [6.07, 6.45) is 1.70. The minimum Gasteiger partial charge on any atom is -0.381 e. The van der Waals surface area contributed by atoms with E-state index in [1.54, 1.807) is 19.2 Å². The van der Waals surface area contributed by atoms with Crippen LogP contribution in [0.2, 0.25) is 5.02 Å². The first-order chi connectivity index (χ1) is 8.61. The van der Waals surface area contributed by atoms with Gasteiger partial charge in [-0.3, -0.25) is 0 Å². The molecule has 18 heavy (non-hydrogen) atoms. The lowest BCUT2D eigenvalue weighted by atomic mass is 10.0. The van der Waals surface area contributed by atoms with Crippen LogP contribution in [0.25, 0.3) is 0 Å². The van der Waals surface area contributed by atoms with Gasteiger partial charge in [-0.1, -0.05) is 24.6 Å². The SMILES string of the molecule is CCCOCCC(NC)c1ccc(Br)c(Cl)c1F. The maximum Gasteiger partial charge on any atom is 0.147 e. The van der Waals surface area contributed by atoms with Gasteiger partial charge in [0.05, 0.1) is 5.02 Å². The third-order valence-electron chi connectivity index (χ3n) is 2.69. The molecule has 1 rings (SSSR count). The normalized spacial score (nSPS) is 12.7. The molecule has 0 spiro atoms. The van der Waals surface area contributed by atoms with Gasteiger partial charge in [0.2, 0.25) is 0 Å². The Morgan fingerprint density at radius 3 is 2.78 bits per heavy atom. The van der Waals surface area contributed by atoms with E-state index in [-0.39, 0.29) is 16.9 Å². The third-order valence-corrected chi connectivity index (χ3v) is 3.95. The van der Waals surface area contributed by atoms with Gasteiger partial charge < -0.3 is 10.1 Å². The molecule has 1 aromatic rings. The number of halogens is 3. The fraction of sp³-hybridized carbons (Fsp3) is 0.538. The van der Waals surface area contributed by atoms with Crippen LogP contribution in [0.1, 0.15) is 31.4 Å². The molecule has 0 saturated carbocycles. The number of benzene rings is 1. The lowest BCUT2D eigenvalue weighted by molar-refractivity contribution is 0.125. The van der Waals surface area contributed by atoms with Crippen LogP contribution in [0.3, 0.4) is 0 Å². The highest BCUT2D eigenvalue weighted by Crippen LogP contribution is 2.31. The van der Waals surface area contributed by atoms with Gasteiger partial charge in [-0.25, -0.2) is 4.39 Å². The molecule has 0 aromatic heterocycles. The standard InChI is InChI=1S/C13H18BrClFNO/c1-3-7-18-8-6-11(17-2)9-4-5-10(14)12(15)13(9)16/h4-5,11,17H,3,6-8H2,1-2H3. The fourth-order valence-electron chi connectivity index (χ4n) is 1.71. The summed E-state index contributed by atoms with van der Waals surface area (Å²) in [6.45, 7) is 3.40. The predicted molar refractivity (Wildman–Crippen MR) is 76.6 cm³/mol. The van der Waals surface area contributed by atoms with Crippen LogP contribution in [0, 0.1) is 5.82 Å². The van der Waals surface area contributed by atoms with Gasteiger partial charge in [0.15, 0.2) is 0 Å². The van der Waals surface area contributed by atoms with Crippen LogP contribution in [0.15, 0.2) is 16.6 Å². The number of hydrogen-bond acceptors (Lipinski definition) is 2. The summed E-state index contributed by atoms with van der Waals surface area (Å²) in [5.74, 6) is -0.374. The zero-order chi connectivity index (χ0) is 13.5. The summed E-state index contributed by atoms with van der Waals surface area (Å²) >= 11 is 9.09. The molecular weight excluding hydrogens is 321 g/mol. The molecule has 0 amide bonds. The fourth-order valence-corrected chi connectivity index (χ4v) is 2.19. The van der Waals surface area contributed by atoms with E-state index < -0.39 is 0 Å². The first-order valence-electron chi connectivity index (χ1n) is 6.00. The van der Waals surface area contributed by atoms with Crippen molar-refractivity contribution in [1.29, 1.82) is 0 Å². The minimum absolute atomic E-state index is 0.0903. The van der Waals surface area contributed by atoms with E-state index in [1.807, 2.05) is 0 Å². The quantitative estimate of drug-likeness (QED) is 0.590.